The van der Waals surface area contributed by atoms with Crippen molar-refractivity contribution in [1.82, 2.24) is 0 Å². The smallest absolute Gasteiger partial charge is 0.0273 e. The van der Waals surface area contributed by atoms with Crippen LogP contribution >= 0.6 is 0 Å². The number of aryl methyl sites for hydroxylation is 2. The SMILES string of the molecule is [CH]1CCc2ccccc2CC1. The Morgan fingerprint density at radius 3 is 1.91 bits per heavy atom. The Kier molecular flexibility index (Phi) is 1.93. The average Bonchev–Trinajstić information content (AvgIpc) is 2.28. The van der Waals surface area contributed by atoms with Gasteiger partial charge in [-0.1, -0.05) is 24.3 Å². The molecule has 1 aliphatic rings. The Labute approximate surface area is 68.3 Å². The maximum Gasteiger partial charge on any atom is -0.0273 e. The minimum atomic E-state index is 1.25. The van der Waals surface area contributed by atoms with Gasteiger partial charge in [0, 0.05) is 0 Å². The summed E-state index contributed by atoms with van der Waals surface area (Å²) < 4.78 is 0. The second-order valence-corrected chi connectivity index (χ2v) is 3.13. The lowest BCUT2D eigenvalue weighted by atomic mass is 10.0. The second-order valence-electron chi connectivity index (χ2n) is 3.13. The highest BCUT2D eigenvalue weighted by Crippen LogP contribution is 2.18. The molecule has 1 aliphatic carbocycles. The van der Waals surface area contributed by atoms with E-state index in [1.54, 1.807) is 11.1 Å². The van der Waals surface area contributed by atoms with Crippen LogP contribution in [0.4, 0.5) is 0 Å². The van der Waals surface area contributed by atoms with Gasteiger partial charge < -0.3 is 0 Å². The van der Waals surface area contributed by atoms with E-state index in [-0.39, 0.29) is 0 Å². The second kappa shape index (κ2) is 3.08. The maximum atomic E-state index is 2.40. The van der Waals surface area contributed by atoms with E-state index >= 15 is 0 Å². The van der Waals surface area contributed by atoms with Crippen LogP contribution in [0.3, 0.4) is 0 Å². The monoisotopic (exact) mass is 145 g/mol. The van der Waals surface area contributed by atoms with E-state index in [4.69, 9.17) is 0 Å². The average molecular weight is 145 g/mol. The summed E-state index contributed by atoms with van der Waals surface area (Å²) in [5.41, 5.74) is 3.11. The van der Waals surface area contributed by atoms with Gasteiger partial charge >= 0.3 is 0 Å². The topological polar surface area (TPSA) is 0 Å². The third-order valence-corrected chi connectivity index (χ3v) is 2.35. The summed E-state index contributed by atoms with van der Waals surface area (Å²) in [6, 6.07) is 8.80. The lowest BCUT2D eigenvalue weighted by Crippen LogP contribution is -1.88. The molecule has 0 fully saturated rings. The molecule has 0 amide bonds. The molecule has 0 nitrogen and oxygen atoms in total. The van der Waals surface area contributed by atoms with Gasteiger partial charge in [-0.25, -0.2) is 0 Å². The van der Waals surface area contributed by atoms with E-state index in [0.29, 0.717) is 0 Å². The molecule has 0 aliphatic heterocycles. The quantitative estimate of drug-likeness (QED) is 0.492. The van der Waals surface area contributed by atoms with Gasteiger partial charge in [0.05, 0.1) is 0 Å². The minimum Gasteiger partial charge on any atom is -0.0620 e. The van der Waals surface area contributed by atoms with Crippen molar-refractivity contribution >= 4 is 0 Å². The minimum absolute atomic E-state index is 1.25. The Morgan fingerprint density at radius 2 is 1.36 bits per heavy atom. The van der Waals surface area contributed by atoms with Crippen LogP contribution in [0.2, 0.25) is 0 Å². The zero-order valence-electron chi connectivity index (χ0n) is 6.72. The highest BCUT2D eigenvalue weighted by molar-refractivity contribution is 5.28. The summed E-state index contributed by atoms with van der Waals surface area (Å²) in [6.45, 7) is 0. The number of hydrogen-bond acceptors (Lipinski definition) is 0. The van der Waals surface area contributed by atoms with Crippen LogP contribution in [-0.4, -0.2) is 0 Å². The highest BCUT2D eigenvalue weighted by Gasteiger charge is 2.05. The summed E-state index contributed by atoms with van der Waals surface area (Å²) in [5.74, 6) is 0. The first-order valence-corrected chi connectivity index (χ1v) is 4.35. The van der Waals surface area contributed by atoms with Crippen molar-refractivity contribution in [2.75, 3.05) is 0 Å². The van der Waals surface area contributed by atoms with Crippen LogP contribution in [0, 0.1) is 6.42 Å². The van der Waals surface area contributed by atoms with Crippen LogP contribution in [0.1, 0.15) is 24.0 Å². The summed E-state index contributed by atoms with van der Waals surface area (Å²) in [6.07, 6.45) is 7.42. The van der Waals surface area contributed by atoms with E-state index in [9.17, 15) is 0 Å². The molecule has 0 N–H and O–H groups in total. The van der Waals surface area contributed by atoms with Gasteiger partial charge in [0.25, 0.3) is 0 Å². The first kappa shape index (κ1) is 6.90. The van der Waals surface area contributed by atoms with Crippen molar-refractivity contribution in [3.63, 3.8) is 0 Å². The maximum absolute atomic E-state index is 2.40. The molecule has 0 aromatic heterocycles. The van der Waals surface area contributed by atoms with Crippen LogP contribution in [0.5, 0.6) is 0 Å². The molecule has 0 bridgehead atoms. The Morgan fingerprint density at radius 1 is 0.818 bits per heavy atom. The standard InChI is InChI=1S/C11H13/c1-2-6-10-8-4-5-9-11(10)7-3-1/h1,4-5,8-9H,2-3,6-7H2. The summed E-state index contributed by atoms with van der Waals surface area (Å²) in [5, 5.41) is 0. The van der Waals surface area contributed by atoms with Gasteiger partial charge in [-0.3, -0.25) is 0 Å². The molecule has 1 aromatic rings. The van der Waals surface area contributed by atoms with Crippen molar-refractivity contribution in [3.05, 3.63) is 41.8 Å². The molecule has 1 aromatic carbocycles. The van der Waals surface area contributed by atoms with Crippen LogP contribution in [0.25, 0.3) is 0 Å². The molecule has 0 saturated carbocycles. The first-order chi connectivity index (χ1) is 5.47. The summed E-state index contributed by atoms with van der Waals surface area (Å²) >= 11 is 0. The largest absolute Gasteiger partial charge is 0.0620 e. The molecule has 0 heterocycles. The molecule has 2 rings (SSSR count). The van der Waals surface area contributed by atoms with Crippen LogP contribution in [-0.2, 0) is 12.8 Å². The molecular formula is C11H13. The fourth-order valence-corrected chi connectivity index (χ4v) is 1.70. The Balaban J connectivity index is 2.33. The molecular weight excluding hydrogens is 132 g/mol. The Hall–Kier alpha value is -0.780. The molecule has 0 atom stereocenters. The van der Waals surface area contributed by atoms with Crippen molar-refractivity contribution in [3.8, 4) is 0 Å². The molecule has 0 heteroatoms. The van der Waals surface area contributed by atoms with Gasteiger partial charge in [0.15, 0.2) is 0 Å². The van der Waals surface area contributed by atoms with Gasteiger partial charge in [0.1, 0.15) is 0 Å². The lowest BCUT2D eigenvalue weighted by molar-refractivity contribution is 0.882. The van der Waals surface area contributed by atoms with Gasteiger partial charge in [-0.15, -0.1) is 0 Å². The molecule has 0 unspecified atom stereocenters. The van der Waals surface area contributed by atoms with Gasteiger partial charge in [0.2, 0.25) is 0 Å². The zero-order valence-corrected chi connectivity index (χ0v) is 6.72. The normalized spacial score (nSPS) is 17.1. The third-order valence-electron chi connectivity index (χ3n) is 2.35. The third kappa shape index (κ3) is 1.45. The molecule has 0 saturated heterocycles. The van der Waals surface area contributed by atoms with Crippen molar-refractivity contribution in [1.29, 1.82) is 0 Å². The van der Waals surface area contributed by atoms with Crippen LogP contribution < -0.4 is 0 Å². The van der Waals surface area contributed by atoms with E-state index < -0.39 is 0 Å². The number of rotatable bonds is 0. The Bertz CT molecular complexity index is 213. The van der Waals surface area contributed by atoms with Gasteiger partial charge in [-0.2, -0.15) is 0 Å². The highest BCUT2D eigenvalue weighted by atomic mass is 14.1. The number of hydrogen-bond donors (Lipinski definition) is 0. The molecule has 57 valence electrons. The number of benzene rings is 1. The first-order valence-electron chi connectivity index (χ1n) is 4.35. The predicted molar refractivity (Wildman–Crippen MR) is 47.4 cm³/mol. The van der Waals surface area contributed by atoms with E-state index in [0.717, 1.165) is 0 Å². The van der Waals surface area contributed by atoms with Gasteiger partial charge in [-0.05, 0) is 43.2 Å². The van der Waals surface area contributed by atoms with Crippen molar-refractivity contribution in [2.24, 2.45) is 0 Å². The van der Waals surface area contributed by atoms with E-state index in [1.807, 2.05) is 0 Å². The molecule has 11 heavy (non-hydrogen) atoms. The number of fused-ring (bicyclic) bond motifs is 1. The van der Waals surface area contributed by atoms with Crippen molar-refractivity contribution < 1.29 is 0 Å². The van der Waals surface area contributed by atoms with E-state index in [1.165, 1.54) is 25.7 Å². The fraction of sp³-hybridized carbons (Fsp3) is 0.364. The van der Waals surface area contributed by atoms with Crippen molar-refractivity contribution in [2.45, 2.75) is 25.7 Å². The zero-order chi connectivity index (χ0) is 7.52. The molecule has 1 radical (unpaired) electrons. The lowest BCUT2D eigenvalue weighted by Gasteiger charge is -2.02. The fourth-order valence-electron chi connectivity index (χ4n) is 1.70. The van der Waals surface area contributed by atoms with Crippen LogP contribution in [0.15, 0.2) is 24.3 Å². The molecule has 0 spiro atoms. The summed E-state index contributed by atoms with van der Waals surface area (Å²) in [7, 11) is 0. The van der Waals surface area contributed by atoms with E-state index in [2.05, 4.69) is 30.7 Å². The predicted octanol–water partition coefficient (Wildman–Crippen LogP) is 2.77. The summed E-state index contributed by atoms with van der Waals surface area (Å²) in [4.78, 5) is 0.